The number of hydrogen-bond acceptors (Lipinski definition) is 6. The summed E-state index contributed by atoms with van der Waals surface area (Å²) in [5.41, 5.74) is -0.0353. The molecule has 0 aliphatic carbocycles. The Labute approximate surface area is 168 Å². The van der Waals surface area contributed by atoms with Crippen molar-refractivity contribution in [1.82, 2.24) is 15.1 Å². The third-order valence-electron chi connectivity index (χ3n) is 5.11. The van der Waals surface area contributed by atoms with Gasteiger partial charge in [0.25, 0.3) is 11.8 Å². The monoisotopic (exact) mass is 403 g/mol. The molecule has 0 saturated carbocycles. The van der Waals surface area contributed by atoms with Gasteiger partial charge in [-0.3, -0.25) is 19.3 Å². The van der Waals surface area contributed by atoms with E-state index in [9.17, 15) is 19.2 Å². The van der Waals surface area contributed by atoms with Crippen molar-refractivity contribution in [1.29, 1.82) is 0 Å². The minimum absolute atomic E-state index is 0.327. The van der Waals surface area contributed by atoms with E-state index in [0.717, 1.165) is 10.5 Å². The Hall–Kier alpha value is -2.94. The minimum atomic E-state index is -1.09. The molecule has 0 radical (unpaired) electrons. The number of aryl methyl sites for hydroxylation is 1. The number of carbonyl (C=O) groups excluding carboxylic acids is 4. The number of nitrogens with one attached hydrogen (secondary N) is 1. The van der Waals surface area contributed by atoms with Crippen molar-refractivity contribution in [3.63, 3.8) is 0 Å². The largest absolute Gasteiger partial charge is 0.454 e. The lowest BCUT2D eigenvalue weighted by atomic mass is 9.93. The van der Waals surface area contributed by atoms with Crippen molar-refractivity contribution in [2.24, 2.45) is 0 Å². The summed E-state index contributed by atoms with van der Waals surface area (Å²) in [6, 6.07) is 8.99. The third kappa shape index (κ3) is 5.11. The second-order valence-corrected chi connectivity index (χ2v) is 7.29. The van der Waals surface area contributed by atoms with Crippen LogP contribution in [-0.4, -0.2) is 78.6 Å². The number of morpholine rings is 1. The highest BCUT2D eigenvalue weighted by atomic mass is 16.5. The molecule has 2 fully saturated rings. The first-order chi connectivity index (χ1) is 13.9. The molecule has 3 rings (SSSR count). The van der Waals surface area contributed by atoms with Crippen LogP contribution in [0.3, 0.4) is 0 Å². The molecule has 9 heteroatoms. The van der Waals surface area contributed by atoms with Crippen LogP contribution in [-0.2, 0) is 30.3 Å². The zero-order valence-corrected chi connectivity index (χ0v) is 16.4. The highest BCUT2D eigenvalue weighted by Gasteiger charge is 2.48. The van der Waals surface area contributed by atoms with E-state index >= 15 is 0 Å². The van der Waals surface area contributed by atoms with Crippen molar-refractivity contribution in [2.75, 3.05) is 39.5 Å². The number of urea groups is 1. The van der Waals surface area contributed by atoms with E-state index in [1.165, 1.54) is 0 Å². The molecule has 2 heterocycles. The van der Waals surface area contributed by atoms with Gasteiger partial charge in [0.05, 0.1) is 13.2 Å². The number of hydrogen-bond donors (Lipinski definition) is 1. The first-order valence-electron chi connectivity index (χ1n) is 9.58. The number of benzene rings is 1. The van der Waals surface area contributed by atoms with Crippen molar-refractivity contribution < 1.29 is 28.7 Å². The molecule has 2 aliphatic rings. The van der Waals surface area contributed by atoms with Gasteiger partial charge in [-0.05, 0) is 25.3 Å². The number of esters is 1. The molecule has 9 nitrogen and oxygen atoms in total. The maximum Gasteiger partial charge on any atom is 0.326 e. The van der Waals surface area contributed by atoms with Gasteiger partial charge in [-0.1, -0.05) is 30.3 Å². The number of nitrogens with zero attached hydrogens (tertiary/aromatic N) is 2. The molecule has 29 heavy (non-hydrogen) atoms. The van der Waals surface area contributed by atoms with Crippen molar-refractivity contribution >= 4 is 23.8 Å². The lowest BCUT2D eigenvalue weighted by Crippen LogP contribution is -2.45. The zero-order chi connectivity index (χ0) is 20.9. The molecule has 156 valence electrons. The van der Waals surface area contributed by atoms with Gasteiger partial charge < -0.3 is 19.7 Å². The molecule has 0 aromatic heterocycles. The molecule has 1 atom stereocenters. The summed E-state index contributed by atoms with van der Waals surface area (Å²) in [6.07, 6.45) is 1.01. The Kier molecular flexibility index (Phi) is 6.48. The summed E-state index contributed by atoms with van der Waals surface area (Å²) in [5.74, 6) is -1.61. The van der Waals surface area contributed by atoms with Crippen LogP contribution >= 0.6 is 0 Å². The van der Waals surface area contributed by atoms with E-state index in [1.54, 1.807) is 11.8 Å². The standard InChI is InChI=1S/C20H25N3O6/c1-20(8-7-15-5-3-2-4-6-15)18(26)23(19(27)21-20)13-17(25)29-14-16(24)22-9-11-28-12-10-22/h2-6H,7-14H2,1H3,(H,21,27)/t20-/m1/s1. The van der Waals surface area contributed by atoms with Crippen LogP contribution in [0.2, 0.25) is 0 Å². The lowest BCUT2D eigenvalue weighted by Gasteiger charge is -2.26. The summed E-state index contributed by atoms with van der Waals surface area (Å²) >= 11 is 0. The molecule has 1 aromatic rings. The average molecular weight is 403 g/mol. The summed E-state index contributed by atoms with van der Waals surface area (Å²) < 4.78 is 10.1. The average Bonchev–Trinajstić information content (AvgIpc) is 2.95. The molecular formula is C20H25N3O6. The molecule has 4 amide bonds. The fourth-order valence-corrected chi connectivity index (χ4v) is 3.32. The van der Waals surface area contributed by atoms with Gasteiger partial charge in [-0.25, -0.2) is 4.79 Å². The van der Waals surface area contributed by atoms with E-state index in [4.69, 9.17) is 9.47 Å². The fraction of sp³-hybridized carbons (Fsp3) is 0.500. The van der Waals surface area contributed by atoms with Crippen molar-refractivity contribution in [3.05, 3.63) is 35.9 Å². The number of carbonyl (C=O) groups is 4. The Bertz CT molecular complexity index is 778. The van der Waals surface area contributed by atoms with Gasteiger partial charge >= 0.3 is 12.0 Å². The second-order valence-electron chi connectivity index (χ2n) is 7.29. The van der Waals surface area contributed by atoms with Crippen molar-refractivity contribution in [2.45, 2.75) is 25.3 Å². The Morgan fingerprint density at radius 1 is 1.17 bits per heavy atom. The lowest BCUT2D eigenvalue weighted by molar-refractivity contribution is -0.155. The first-order valence-corrected chi connectivity index (χ1v) is 9.58. The molecule has 1 aromatic carbocycles. The molecule has 2 saturated heterocycles. The Balaban J connectivity index is 1.49. The molecule has 0 bridgehead atoms. The Morgan fingerprint density at radius 2 is 1.86 bits per heavy atom. The van der Waals surface area contributed by atoms with Gasteiger partial charge in [-0.2, -0.15) is 0 Å². The quantitative estimate of drug-likeness (QED) is 0.520. The number of rotatable bonds is 7. The van der Waals surface area contributed by atoms with E-state index in [1.807, 2.05) is 30.3 Å². The molecule has 2 aliphatic heterocycles. The van der Waals surface area contributed by atoms with Crippen LogP contribution in [0.1, 0.15) is 18.9 Å². The van der Waals surface area contributed by atoms with Crippen molar-refractivity contribution in [3.8, 4) is 0 Å². The van der Waals surface area contributed by atoms with Gasteiger partial charge in [-0.15, -0.1) is 0 Å². The normalized spacial score (nSPS) is 21.8. The highest BCUT2D eigenvalue weighted by molar-refractivity contribution is 6.08. The second kappa shape index (κ2) is 9.04. The van der Waals surface area contributed by atoms with Crippen LogP contribution < -0.4 is 5.32 Å². The van der Waals surface area contributed by atoms with Crippen LogP contribution in [0, 0.1) is 0 Å². The van der Waals surface area contributed by atoms with E-state index in [2.05, 4.69) is 5.32 Å². The first kappa shape index (κ1) is 20.8. The van der Waals surface area contributed by atoms with E-state index in [-0.39, 0.29) is 5.91 Å². The molecular weight excluding hydrogens is 378 g/mol. The third-order valence-corrected chi connectivity index (χ3v) is 5.11. The Morgan fingerprint density at radius 3 is 2.55 bits per heavy atom. The summed E-state index contributed by atoms with van der Waals surface area (Å²) in [4.78, 5) is 51.4. The fourth-order valence-electron chi connectivity index (χ4n) is 3.32. The van der Waals surface area contributed by atoms with Crippen LogP contribution in [0.25, 0.3) is 0 Å². The molecule has 0 spiro atoms. The summed E-state index contributed by atoms with van der Waals surface area (Å²) in [7, 11) is 0. The predicted molar refractivity (Wildman–Crippen MR) is 102 cm³/mol. The SMILES string of the molecule is C[C@]1(CCc2ccccc2)NC(=O)N(CC(=O)OCC(=O)N2CCOCC2)C1=O. The number of ether oxygens (including phenoxy) is 2. The van der Waals surface area contributed by atoms with Gasteiger partial charge in [0, 0.05) is 13.1 Å². The highest BCUT2D eigenvalue weighted by Crippen LogP contribution is 2.23. The molecule has 0 unspecified atom stereocenters. The maximum absolute atomic E-state index is 12.7. The number of amides is 4. The van der Waals surface area contributed by atoms with Crippen LogP contribution in [0.4, 0.5) is 4.79 Å². The smallest absolute Gasteiger partial charge is 0.326 e. The minimum Gasteiger partial charge on any atom is -0.454 e. The van der Waals surface area contributed by atoms with E-state index in [0.29, 0.717) is 39.1 Å². The van der Waals surface area contributed by atoms with Crippen LogP contribution in [0.5, 0.6) is 0 Å². The van der Waals surface area contributed by atoms with Gasteiger partial charge in [0.1, 0.15) is 12.1 Å². The molecule has 1 N–H and O–H groups in total. The number of imide groups is 1. The van der Waals surface area contributed by atoms with Crippen LogP contribution in [0.15, 0.2) is 30.3 Å². The summed E-state index contributed by atoms with van der Waals surface area (Å²) in [6.45, 7) is 2.49. The predicted octanol–water partition coefficient (Wildman–Crippen LogP) is 0.332. The maximum atomic E-state index is 12.7. The van der Waals surface area contributed by atoms with Gasteiger partial charge in [0.2, 0.25) is 0 Å². The van der Waals surface area contributed by atoms with Gasteiger partial charge in [0.15, 0.2) is 6.61 Å². The van der Waals surface area contributed by atoms with E-state index < -0.39 is 36.6 Å². The summed E-state index contributed by atoms with van der Waals surface area (Å²) in [5, 5.41) is 2.66. The topological polar surface area (TPSA) is 105 Å². The zero-order valence-electron chi connectivity index (χ0n) is 16.4.